The maximum atomic E-state index is 13.0. The number of nitro groups is 2. The molecule has 3 aromatic carbocycles. The van der Waals surface area contributed by atoms with E-state index in [0.29, 0.717) is 22.7 Å². The van der Waals surface area contributed by atoms with Crippen LogP contribution in [0.25, 0.3) is 22.2 Å². The van der Waals surface area contributed by atoms with Gasteiger partial charge in [-0.2, -0.15) is 5.10 Å². The molecule has 0 saturated carbocycles. The van der Waals surface area contributed by atoms with Crippen LogP contribution in [-0.4, -0.2) is 32.1 Å². The molecule has 0 bridgehead atoms. The number of amides is 1. The van der Waals surface area contributed by atoms with Gasteiger partial charge in [0.15, 0.2) is 0 Å². The van der Waals surface area contributed by atoms with Crippen LogP contribution in [-0.2, 0) is 0 Å². The first-order chi connectivity index (χ1) is 16.7. The minimum Gasteiger partial charge on any atom is -0.502 e. The summed E-state index contributed by atoms with van der Waals surface area (Å²) in [6.45, 7) is 1.96. The molecule has 11 heteroatoms. The van der Waals surface area contributed by atoms with E-state index in [9.17, 15) is 30.1 Å². The van der Waals surface area contributed by atoms with E-state index in [-0.39, 0.29) is 11.1 Å². The SMILES string of the molecule is Cc1ccc(-c2cc(C(=O)NN=Cc3cc([N+](=O)[O-])cc([N+](=O)[O-])c3O)c3ccccc3n2)cc1. The van der Waals surface area contributed by atoms with Crippen molar-refractivity contribution in [3.8, 4) is 17.0 Å². The molecule has 0 saturated heterocycles. The molecule has 0 aliphatic rings. The number of benzene rings is 3. The summed E-state index contributed by atoms with van der Waals surface area (Å²) in [6, 6.07) is 17.9. The number of hydrogen-bond donors (Lipinski definition) is 2. The maximum absolute atomic E-state index is 13.0. The zero-order valence-corrected chi connectivity index (χ0v) is 18.2. The summed E-state index contributed by atoms with van der Waals surface area (Å²) in [5.41, 5.74) is 3.87. The van der Waals surface area contributed by atoms with Crippen LogP contribution in [0.3, 0.4) is 0 Å². The average Bonchev–Trinajstić information content (AvgIpc) is 2.84. The number of nitro benzene ring substituents is 2. The Morgan fingerprint density at radius 3 is 2.43 bits per heavy atom. The molecule has 2 N–H and O–H groups in total. The number of fused-ring (bicyclic) bond motifs is 1. The van der Waals surface area contributed by atoms with Crippen molar-refractivity contribution >= 4 is 34.4 Å². The van der Waals surface area contributed by atoms with Crippen LogP contribution < -0.4 is 5.43 Å². The molecular formula is C24H17N5O6. The third-order valence-corrected chi connectivity index (χ3v) is 5.19. The molecule has 11 nitrogen and oxygen atoms in total. The fourth-order valence-corrected chi connectivity index (χ4v) is 3.42. The first kappa shape index (κ1) is 23.0. The molecule has 0 spiro atoms. The lowest BCUT2D eigenvalue weighted by Crippen LogP contribution is -2.18. The van der Waals surface area contributed by atoms with Gasteiger partial charge in [0.2, 0.25) is 5.75 Å². The van der Waals surface area contributed by atoms with Gasteiger partial charge in [0.1, 0.15) is 0 Å². The predicted molar refractivity (Wildman–Crippen MR) is 128 cm³/mol. The Morgan fingerprint density at radius 1 is 1.03 bits per heavy atom. The van der Waals surface area contributed by atoms with Gasteiger partial charge in [0.05, 0.1) is 44.5 Å². The Hall–Kier alpha value is -5.19. The fraction of sp³-hybridized carbons (Fsp3) is 0.0417. The Balaban J connectivity index is 1.69. The van der Waals surface area contributed by atoms with Gasteiger partial charge in [0.25, 0.3) is 11.6 Å². The minimum absolute atomic E-state index is 0.276. The highest BCUT2D eigenvalue weighted by molar-refractivity contribution is 6.07. The number of carbonyl (C=O) groups is 1. The van der Waals surface area contributed by atoms with E-state index in [4.69, 9.17) is 0 Å². The molecule has 0 atom stereocenters. The standard InChI is InChI=1S/C24H17N5O6/c1-14-6-8-15(9-7-14)21-12-19(18-4-2-3-5-20(18)26-21)24(31)27-25-13-16-10-17(28(32)33)11-22(23(16)30)29(34)35/h2-13,30H,1H3,(H,27,31). The summed E-state index contributed by atoms with van der Waals surface area (Å²) in [5.74, 6) is -1.41. The Bertz CT molecular complexity index is 1520. The van der Waals surface area contributed by atoms with Crippen LogP contribution in [0, 0.1) is 27.2 Å². The monoisotopic (exact) mass is 471 g/mol. The van der Waals surface area contributed by atoms with Gasteiger partial charge < -0.3 is 5.11 Å². The molecule has 4 aromatic rings. The van der Waals surface area contributed by atoms with E-state index < -0.39 is 32.9 Å². The number of hydrogen-bond acceptors (Lipinski definition) is 8. The van der Waals surface area contributed by atoms with E-state index >= 15 is 0 Å². The molecule has 4 rings (SSSR count). The highest BCUT2D eigenvalue weighted by Crippen LogP contribution is 2.33. The quantitative estimate of drug-likeness (QED) is 0.238. The number of aromatic nitrogens is 1. The van der Waals surface area contributed by atoms with Crippen molar-refractivity contribution in [3.63, 3.8) is 0 Å². The molecule has 0 aliphatic carbocycles. The van der Waals surface area contributed by atoms with E-state index in [1.165, 1.54) is 0 Å². The number of non-ortho nitro benzene ring substituents is 1. The fourth-order valence-electron chi connectivity index (χ4n) is 3.42. The number of phenols is 1. The second kappa shape index (κ2) is 9.35. The lowest BCUT2D eigenvalue weighted by molar-refractivity contribution is -0.394. The normalized spacial score (nSPS) is 11.0. The summed E-state index contributed by atoms with van der Waals surface area (Å²) in [6.07, 6.45) is 0.900. The number of para-hydroxylation sites is 1. The van der Waals surface area contributed by atoms with Gasteiger partial charge in [-0.05, 0) is 19.1 Å². The predicted octanol–water partition coefficient (Wildman–Crippen LogP) is 4.50. The van der Waals surface area contributed by atoms with Crippen LogP contribution in [0.1, 0.15) is 21.5 Å². The summed E-state index contributed by atoms with van der Waals surface area (Å²) in [4.78, 5) is 38.0. The topological polar surface area (TPSA) is 161 Å². The van der Waals surface area contributed by atoms with Crippen molar-refractivity contribution in [2.45, 2.75) is 6.92 Å². The van der Waals surface area contributed by atoms with Crippen molar-refractivity contribution < 1.29 is 19.7 Å². The summed E-state index contributed by atoms with van der Waals surface area (Å²) in [5, 5.41) is 36.6. The van der Waals surface area contributed by atoms with Gasteiger partial charge in [-0.15, -0.1) is 0 Å². The minimum atomic E-state index is -0.950. The summed E-state index contributed by atoms with van der Waals surface area (Å²) in [7, 11) is 0. The van der Waals surface area contributed by atoms with E-state index in [2.05, 4.69) is 15.5 Å². The van der Waals surface area contributed by atoms with Crippen LogP contribution in [0.5, 0.6) is 5.75 Å². The molecule has 0 radical (unpaired) electrons. The lowest BCUT2D eigenvalue weighted by Gasteiger charge is -2.09. The average molecular weight is 471 g/mol. The van der Waals surface area contributed by atoms with Crippen molar-refractivity contribution in [2.75, 3.05) is 0 Å². The number of nitrogens with one attached hydrogen (secondary N) is 1. The zero-order chi connectivity index (χ0) is 25.1. The highest BCUT2D eigenvalue weighted by Gasteiger charge is 2.23. The number of phenolic OH excluding ortho intramolecular Hbond substituents is 1. The highest BCUT2D eigenvalue weighted by atomic mass is 16.6. The van der Waals surface area contributed by atoms with Crippen molar-refractivity contribution in [1.29, 1.82) is 0 Å². The van der Waals surface area contributed by atoms with Crippen molar-refractivity contribution in [1.82, 2.24) is 10.4 Å². The molecular weight excluding hydrogens is 454 g/mol. The van der Waals surface area contributed by atoms with E-state index in [1.54, 1.807) is 30.3 Å². The number of rotatable bonds is 6. The van der Waals surface area contributed by atoms with Gasteiger partial charge in [0, 0.05) is 17.0 Å². The maximum Gasteiger partial charge on any atom is 0.318 e. The second-order valence-corrected chi connectivity index (χ2v) is 7.55. The smallest absolute Gasteiger partial charge is 0.318 e. The third kappa shape index (κ3) is 4.78. The van der Waals surface area contributed by atoms with Crippen molar-refractivity contribution in [3.05, 3.63) is 104 Å². The second-order valence-electron chi connectivity index (χ2n) is 7.55. The van der Waals surface area contributed by atoms with Gasteiger partial charge in [-0.25, -0.2) is 10.4 Å². The molecule has 0 aliphatic heterocycles. The number of nitrogens with zero attached hydrogens (tertiary/aromatic N) is 4. The zero-order valence-electron chi connectivity index (χ0n) is 18.2. The summed E-state index contributed by atoms with van der Waals surface area (Å²) >= 11 is 0. The molecule has 174 valence electrons. The van der Waals surface area contributed by atoms with Gasteiger partial charge in [-0.1, -0.05) is 48.0 Å². The van der Waals surface area contributed by atoms with Crippen LogP contribution in [0.15, 0.2) is 71.8 Å². The van der Waals surface area contributed by atoms with Crippen molar-refractivity contribution in [2.24, 2.45) is 5.10 Å². The molecule has 35 heavy (non-hydrogen) atoms. The number of aromatic hydroxyl groups is 1. The Labute approximate surface area is 197 Å². The number of carbonyl (C=O) groups excluding carboxylic acids is 1. The van der Waals surface area contributed by atoms with Gasteiger partial charge >= 0.3 is 5.69 Å². The molecule has 0 fully saturated rings. The number of aryl methyl sites for hydroxylation is 1. The molecule has 1 aromatic heterocycles. The number of hydrazone groups is 1. The lowest BCUT2D eigenvalue weighted by atomic mass is 10.0. The number of pyridine rings is 1. The van der Waals surface area contributed by atoms with E-state index in [0.717, 1.165) is 23.4 Å². The van der Waals surface area contributed by atoms with Crippen LogP contribution in [0.4, 0.5) is 11.4 Å². The third-order valence-electron chi connectivity index (χ3n) is 5.19. The Morgan fingerprint density at radius 2 is 1.74 bits per heavy atom. The molecule has 0 unspecified atom stereocenters. The van der Waals surface area contributed by atoms with Crippen LogP contribution >= 0.6 is 0 Å². The van der Waals surface area contributed by atoms with E-state index in [1.807, 2.05) is 31.2 Å². The van der Waals surface area contributed by atoms with Crippen LogP contribution in [0.2, 0.25) is 0 Å². The Kier molecular flexibility index (Phi) is 6.14. The summed E-state index contributed by atoms with van der Waals surface area (Å²) < 4.78 is 0. The first-order valence-electron chi connectivity index (χ1n) is 10.2. The largest absolute Gasteiger partial charge is 0.502 e. The molecule has 1 heterocycles. The first-order valence-corrected chi connectivity index (χ1v) is 10.2. The molecule has 1 amide bonds. The van der Waals surface area contributed by atoms with Gasteiger partial charge in [-0.3, -0.25) is 25.0 Å².